The van der Waals surface area contributed by atoms with Crippen LogP contribution >= 0.6 is 0 Å². The molecule has 0 aromatic heterocycles. The molecule has 7 nitrogen and oxygen atoms in total. The molecule has 0 aliphatic carbocycles. The third-order valence-corrected chi connectivity index (χ3v) is 5.59. The van der Waals surface area contributed by atoms with Crippen molar-refractivity contribution in [1.29, 1.82) is 0 Å². The van der Waals surface area contributed by atoms with Crippen LogP contribution in [0.3, 0.4) is 0 Å². The molecule has 1 fully saturated rings. The van der Waals surface area contributed by atoms with Crippen molar-refractivity contribution in [3.05, 3.63) is 0 Å². The van der Waals surface area contributed by atoms with Gasteiger partial charge >= 0.3 is 5.97 Å². The second-order valence-corrected chi connectivity index (χ2v) is 8.18. The molecule has 7 heteroatoms. The lowest BCUT2D eigenvalue weighted by molar-refractivity contribution is -0.289. The van der Waals surface area contributed by atoms with Gasteiger partial charge in [-0.15, -0.1) is 0 Å². The number of aliphatic hydroxyl groups is 4. The van der Waals surface area contributed by atoms with Crippen LogP contribution in [-0.4, -0.2) is 63.7 Å². The van der Waals surface area contributed by atoms with Crippen LogP contribution in [0, 0.1) is 0 Å². The van der Waals surface area contributed by atoms with E-state index in [2.05, 4.69) is 6.92 Å². The summed E-state index contributed by atoms with van der Waals surface area (Å²) < 4.78 is 10.0. The molecule has 0 spiro atoms. The van der Waals surface area contributed by atoms with E-state index in [-0.39, 0.29) is 6.42 Å². The van der Waals surface area contributed by atoms with E-state index in [9.17, 15) is 20.1 Å². The molecule has 1 heterocycles. The maximum atomic E-state index is 12.0. The van der Waals surface area contributed by atoms with Crippen molar-refractivity contribution in [1.82, 2.24) is 0 Å². The molecule has 1 saturated heterocycles. The zero-order valence-electron chi connectivity index (χ0n) is 18.0. The molecule has 172 valence electrons. The van der Waals surface area contributed by atoms with Crippen LogP contribution in [0.1, 0.15) is 96.8 Å². The molecule has 1 rings (SSSR count). The largest absolute Gasteiger partial charge is 0.456 e. The van der Waals surface area contributed by atoms with Gasteiger partial charge in [-0.05, 0) is 6.42 Å². The fraction of sp³-hybridized carbons (Fsp3) is 0.955. The Morgan fingerprint density at radius 1 is 0.793 bits per heavy atom. The summed E-state index contributed by atoms with van der Waals surface area (Å²) in [6.45, 7) is 1.69. The van der Waals surface area contributed by atoms with Gasteiger partial charge in [0.25, 0.3) is 0 Å². The number of carbonyl (C=O) groups is 1. The molecule has 5 unspecified atom stereocenters. The third-order valence-electron chi connectivity index (χ3n) is 5.59. The number of hydrogen-bond donors (Lipinski definition) is 4. The number of rotatable bonds is 16. The minimum absolute atomic E-state index is 0.203. The highest BCUT2D eigenvalue weighted by Gasteiger charge is 2.45. The predicted molar refractivity (Wildman–Crippen MR) is 110 cm³/mol. The van der Waals surface area contributed by atoms with Crippen LogP contribution in [0.15, 0.2) is 0 Å². The zero-order valence-corrected chi connectivity index (χ0v) is 18.0. The maximum Gasteiger partial charge on any atom is 0.306 e. The fourth-order valence-corrected chi connectivity index (χ4v) is 3.70. The Morgan fingerprint density at radius 3 is 1.76 bits per heavy atom. The van der Waals surface area contributed by atoms with Gasteiger partial charge in [0.1, 0.15) is 18.3 Å². The fourth-order valence-electron chi connectivity index (χ4n) is 3.70. The van der Waals surface area contributed by atoms with Gasteiger partial charge in [-0.1, -0.05) is 84.0 Å². The molecule has 4 N–H and O–H groups in total. The highest BCUT2D eigenvalue weighted by molar-refractivity contribution is 5.69. The first-order valence-corrected chi connectivity index (χ1v) is 11.5. The summed E-state index contributed by atoms with van der Waals surface area (Å²) in [4.78, 5) is 12.0. The van der Waals surface area contributed by atoms with Gasteiger partial charge in [-0.25, -0.2) is 0 Å². The number of unbranched alkanes of at least 4 members (excludes halogenated alkanes) is 12. The van der Waals surface area contributed by atoms with E-state index in [1.54, 1.807) is 0 Å². The van der Waals surface area contributed by atoms with Crippen LogP contribution in [-0.2, 0) is 14.3 Å². The molecule has 1 aliphatic heterocycles. The Kier molecular flexibility index (Phi) is 14.5. The van der Waals surface area contributed by atoms with E-state index in [0.717, 1.165) is 12.8 Å². The van der Waals surface area contributed by atoms with Crippen molar-refractivity contribution in [3.63, 3.8) is 0 Å². The molecule has 0 radical (unpaired) electrons. The molecular weight excluding hydrogens is 376 g/mol. The van der Waals surface area contributed by atoms with E-state index >= 15 is 0 Å². The van der Waals surface area contributed by atoms with E-state index < -0.39 is 43.3 Å². The minimum Gasteiger partial charge on any atom is -0.456 e. The van der Waals surface area contributed by atoms with Crippen molar-refractivity contribution in [2.45, 2.75) is 128 Å². The first-order chi connectivity index (χ1) is 14.0. The molecule has 0 bridgehead atoms. The average Bonchev–Trinajstić information content (AvgIpc) is 2.71. The number of ether oxygens (including phenoxy) is 2. The second-order valence-electron chi connectivity index (χ2n) is 8.18. The summed E-state index contributed by atoms with van der Waals surface area (Å²) in [5.41, 5.74) is 0. The molecule has 5 atom stereocenters. The molecule has 1 aliphatic rings. The van der Waals surface area contributed by atoms with Gasteiger partial charge in [0, 0.05) is 6.42 Å². The lowest BCUT2D eigenvalue weighted by Gasteiger charge is -2.39. The molecule has 29 heavy (non-hydrogen) atoms. The van der Waals surface area contributed by atoms with Crippen molar-refractivity contribution in [2.24, 2.45) is 0 Å². The summed E-state index contributed by atoms with van der Waals surface area (Å²) in [6, 6.07) is 0. The zero-order chi connectivity index (χ0) is 21.5. The number of esters is 1. The lowest BCUT2D eigenvalue weighted by Crippen LogP contribution is -2.59. The van der Waals surface area contributed by atoms with Crippen LogP contribution in [0.4, 0.5) is 0 Å². The SMILES string of the molecule is CCCCCCCCCCCCCCCC(=O)OC1C(O)C(O)OC(CO)C1O. The van der Waals surface area contributed by atoms with Gasteiger partial charge in [0.15, 0.2) is 12.4 Å². The number of hydrogen-bond acceptors (Lipinski definition) is 7. The summed E-state index contributed by atoms with van der Waals surface area (Å²) in [7, 11) is 0. The Bertz CT molecular complexity index is 418. The monoisotopic (exact) mass is 418 g/mol. The van der Waals surface area contributed by atoms with E-state index in [0.29, 0.717) is 6.42 Å². The minimum atomic E-state index is -1.61. The second kappa shape index (κ2) is 16.0. The normalized spacial score (nSPS) is 27.1. The first kappa shape index (κ1) is 26.3. The van der Waals surface area contributed by atoms with Crippen molar-refractivity contribution in [3.8, 4) is 0 Å². The molecule has 0 amide bonds. The summed E-state index contributed by atoms with van der Waals surface area (Å²) in [5.74, 6) is -0.526. The van der Waals surface area contributed by atoms with Crippen LogP contribution in [0.5, 0.6) is 0 Å². The Hall–Kier alpha value is -0.730. The number of carbonyl (C=O) groups excluding carboxylic acids is 1. The summed E-state index contributed by atoms with van der Waals surface area (Å²) >= 11 is 0. The van der Waals surface area contributed by atoms with E-state index in [4.69, 9.17) is 14.6 Å². The molecule has 0 aromatic rings. The lowest BCUT2D eigenvalue weighted by atomic mass is 9.99. The van der Waals surface area contributed by atoms with Crippen molar-refractivity contribution < 1.29 is 34.7 Å². The van der Waals surface area contributed by atoms with Gasteiger partial charge in [0.05, 0.1) is 6.61 Å². The van der Waals surface area contributed by atoms with Crippen LogP contribution in [0.2, 0.25) is 0 Å². The van der Waals surface area contributed by atoms with Gasteiger partial charge in [0.2, 0.25) is 0 Å². The van der Waals surface area contributed by atoms with Crippen LogP contribution in [0.25, 0.3) is 0 Å². The highest BCUT2D eigenvalue weighted by Crippen LogP contribution is 2.23. The topological polar surface area (TPSA) is 116 Å². The Labute approximate surface area is 175 Å². The number of aliphatic hydroxyl groups excluding tert-OH is 4. The Morgan fingerprint density at radius 2 is 1.28 bits per heavy atom. The van der Waals surface area contributed by atoms with Crippen molar-refractivity contribution >= 4 is 5.97 Å². The van der Waals surface area contributed by atoms with Crippen LogP contribution < -0.4 is 0 Å². The quantitative estimate of drug-likeness (QED) is 0.225. The molecular formula is C22H42O7. The highest BCUT2D eigenvalue weighted by atomic mass is 16.7. The third kappa shape index (κ3) is 10.7. The average molecular weight is 419 g/mol. The van der Waals surface area contributed by atoms with Gasteiger partial charge in [-0.3, -0.25) is 4.79 Å². The van der Waals surface area contributed by atoms with E-state index in [1.807, 2.05) is 0 Å². The maximum absolute atomic E-state index is 12.0. The molecule has 0 saturated carbocycles. The first-order valence-electron chi connectivity index (χ1n) is 11.5. The summed E-state index contributed by atoms with van der Waals surface area (Å²) in [6.07, 6.45) is 9.08. The smallest absolute Gasteiger partial charge is 0.306 e. The van der Waals surface area contributed by atoms with Crippen molar-refractivity contribution in [2.75, 3.05) is 6.61 Å². The Balaban J connectivity index is 2.02. The summed E-state index contributed by atoms with van der Waals surface area (Å²) in [5, 5.41) is 38.6. The standard InChI is InChI=1S/C22H42O7/c1-2-3-4-5-6-7-8-9-10-11-12-13-14-15-18(24)29-21-19(25)17(16-23)28-22(27)20(21)26/h17,19-23,25-27H,2-16H2,1H3. The predicted octanol–water partition coefficient (Wildman–Crippen LogP) is 2.81. The van der Waals surface area contributed by atoms with Gasteiger partial charge in [-0.2, -0.15) is 0 Å². The molecule has 0 aromatic carbocycles. The van der Waals surface area contributed by atoms with Gasteiger partial charge < -0.3 is 29.9 Å². The van der Waals surface area contributed by atoms with E-state index in [1.165, 1.54) is 64.2 Å².